The van der Waals surface area contributed by atoms with E-state index in [-0.39, 0.29) is 44.2 Å². The molecular weight excluding hydrogens is 245 g/mol. The van der Waals surface area contributed by atoms with Gasteiger partial charge in [-0.05, 0) is 19.8 Å². The lowest BCUT2D eigenvalue weighted by atomic mass is 9.96. The number of nitrogens with two attached hydrogens (primary N) is 1. The number of piperidine rings is 1. The number of rotatable bonds is 1. The van der Waals surface area contributed by atoms with E-state index in [4.69, 9.17) is 5.73 Å². The normalized spacial score (nSPS) is 20.2. The average molecular weight is 261 g/mol. The number of alkyl halides is 3. The molecule has 96 valence electrons. The van der Waals surface area contributed by atoms with Crippen molar-refractivity contribution in [1.29, 1.82) is 0 Å². The van der Waals surface area contributed by atoms with E-state index in [1.165, 1.54) is 11.8 Å². The van der Waals surface area contributed by atoms with Gasteiger partial charge in [-0.1, -0.05) is 0 Å². The maximum Gasteiger partial charge on any atom is 0.391 e. The molecule has 0 aliphatic carbocycles. The van der Waals surface area contributed by atoms with Crippen LogP contribution in [0, 0.1) is 5.92 Å². The van der Waals surface area contributed by atoms with Gasteiger partial charge in [0.25, 0.3) is 0 Å². The number of nitrogens with zero attached hydrogens (tertiary/aromatic N) is 1. The first kappa shape index (κ1) is 15.5. The molecule has 1 fully saturated rings. The van der Waals surface area contributed by atoms with Gasteiger partial charge in [-0.25, -0.2) is 0 Å². The maximum absolute atomic E-state index is 12.3. The number of carbonyl (C=O) groups is 1. The number of likely N-dealkylation sites (tertiary alicyclic amines) is 1. The fourth-order valence-electron chi connectivity index (χ4n) is 1.72. The van der Waals surface area contributed by atoms with Crippen molar-refractivity contribution in [3.05, 3.63) is 0 Å². The first-order valence-electron chi connectivity index (χ1n) is 4.93. The summed E-state index contributed by atoms with van der Waals surface area (Å²) in [5.41, 5.74) is 5.37. The quantitative estimate of drug-likeness (QED) is 0.778. The molecule has 2 N–H and O–H groups in total. The van der Waals surface area contributed by atoms with E-state index in [9.17, 15) is 18.0 Å². The molecule has 0 spiro atoms. The SMILES string of the molecule is C[C@@H](N)C(=O)N1CCC(C(F)(F)F)CC1.Cl. The van der Waals surface area contributed by atoms with Gasteiger partial charge >= 0.3 is 6.18 Å². The molecule has 0 aromatic heterocycles. The largest absolute Gasteiger partial charge is 0.391 e. The van der Waals surface area contributed by atoms with Crippen LogP contribution in [0.1, 0.15) is 19.8 Å². The van der Waals surface area contributed by atoms with Crippen LogP contribution < -0.4 is 5.73 Å². The summed E-state index contributed by atoms with van der Waals surface area (Å²) in [4.78, 5) is 12.8. The Morgan fingerprint density at radius 3 is 2.12 bits per heavy atom. The van der Waals surface area contributed by atoms with Crippen LogP contribution in [0.25, 0.3) is 0 Å². The Balaban J connectivity index is 0.00000225. The summed E-state index contributed by atoms with van der Waals surface area (Å²) < 4.78 is 36.9. The van der Waals surface area contributed by atoms with Gasteiger partial charge in [0.2, 0.25) is 5.91 Å². The van der Waals surface area contributed by atoms with Crippen molar-refractivity contribution < 1.29 is 18.0 Å². The number of carbonyl (C=O) groups excluding carboxylic acids is 1. The number of hydrogen-bond acceptors (Lipinski definition) is 2. The van der Waals surface area contributed by atoms with Crippen molar-refractivity contribution in [3.63, 3.8) is 0 Å². The predicted molar refractivity (Wildman–Crippen MR) is 56.3 cm³/mol. The molecule has 0 unspecified atom stereocenters. The van der Waals surface area contributed by atoms with Crippen molar-refractivity contribution in [2.24, 2.45) is 11.7 Å². The standard InChI is InChI=1S/C9H15F3N2O.ClH/c1-6(13)8(15)14-4-2-7(3-5-14)9(10,11)12;/h6-7H,2-5,13H2,1H3;1H/t6-;/m1./s1. The Hall–Kier alpha value is -0.490. The van der Waals surface area contributed by atoms with Gasteiger partial charge in [-0.3, -0.25) is 4.79 Å². The zero-order valence-electron chi connectivity index (χ0n) is 8.96. The summed E-state index contributed by atoms with van der Waals surface area (Å²) >= 11 is 0. The van der Waals surface area contributed by atoms with Gasteiger partial charge in [0.1, 0.15) is 0 Å². The molecule has 0 bridgehead atoms. The molecule has 3 nitrogen and oxygen atoms in total. The highest BCUT2D eigenvalue weighted by molar-refractivity contribution is 5.85. The molecule has 1 amide bonds. The first-order valence-corrected chi connectivity index (χ1v) is 4.93. The van der Waals surface area contributed by atoms with E-state index in [1.807, 2.05) is 0 Å². The molecule has 0 aromatic rings. The Bertz CT molecular complexity index is 237. The van der Waals surface area contributed by atoms with Crippen LogP contribution in [-0.2, 0) is 4.79 Å². The minimum absolute atomic E-state index is 0. The van der Waals surface area contributed by atoms with Gasteiger partial charge in [0.05, 0.1) is 12.0 Å². The molecule has 0 saturated carbocycles. The van der Waals surface area contributed by atoms with Gasteiger partial charge in [0.15, 0.2) is 0 Å². The van der Waals surface area contributed by atoms with Crippen molar-refractivity contribution in [2.45, 2.75) is 32.0 Å². The Morgan fingerprint density at radius 1 is 1.38 bits per heavy atom. The summed E-state index contributed by atoms with van der Waals surface area (Å²) in [6, 6.07) is -0.632. The van der Waals surface area contributed by atoms with Gasteiger partial charge in [-0.15, -0.1) is 12.4 Å². The number of amides is 1. The summed E-state index contributed by atoms with van der Waals surface area (Å²) in [7, 11) is 0. The third kappa shape index (κ3) is 3.83. The van der Waals surface area contributed by atoms with Gasteiger partial charge in [-0.2, -0.15) is 13.2 Å². The summed E-state index contributed by atoms with van der Waals surface area (Å²) in [6.07, 6.45) is -4.16. The van der Waals surface area contributed by atoms with E-state index in [1.54, 1.807) is 0 Å². The molecular formula is C9H16ClF3N2O. The van der Waals surface area contributed by atoms with Crippen LogP contribution in [0.3, 0.4) is 0 Å². The molecule has 1 heterocycles. The second kappa shape index (κ2) is 5.72. The Labute approximate surface area is 98.6 Å². The van der Waals surface area contributed by atoms with Gasteiger partial charge in [0, 0.05) is 13.1 Å². The fraction of sp³-hybridized carbons (Fsp3) is 0.889. The highest BCUT2D eigenvalue weighted by Gasteiger charge is 2.41. The lowest BCUT2D eigenvalue weighted by Gasteiger charge is -2.33. The van der Waals surface area contributed by atoms with Crippen LogP contribution in [0.2, 0.25) is 0 Å². The molecule has 1 atom stereocenters. The van der Waals surface area contributed by atoms with E-state index < -0.39 is 18.1 Å². The molecule has 0 aromatic carbocycles. The second-order valence-corrected chi connectivity index (χ2v) is 3.93. The second-order valence-electron chi connectivity index (χ2n) is 3.93. The van der Waals surface area contributed by atoms with E-state index in [0.717, 1.165) is 0 Å². The fourth-order valence-corrected chi connectivity index (χ4v) is 1.72. The Morgan fingerprint density at radius 2 is 1.81 bits per heavy atom. The zero-order chi connectivity index (χ0) is 11.6. The topological polar surface area (TPSA) is 46.3 Å². The first-order chi connectivity index (χ1) is 6.82. The lowest BCUT2D eigenvalue weighted by molar-refractivity contribution is -0.186. The molecule has 0 radical (unpaired) electrons. The lowest BCUT2D eigenvalue weighted by Crippen LogP contribution is -2.47. The van der Waals surface area contributed by atoms with E-state index >= 15 is 0 Å². The smallest absolute Gasteiger partial charge is 0.341 e. The third-order valence-corrected chi connectivity index (χ3v) is 2.66. The van der Waals surface area contributed by atoms with Crippen molar-refractivity contribution in [3.8, 4) is 0 Å². The average Bonchev–Trinajstić information content (AvgIpc) is 2.15. The monoisotopic (exact) mass is 260 g/mol. The minimum atomic E-state index is -4.14. The molecule has 7 heteroatoms. The minimum Gasteiger partial charge on any atom is -0.341 e. The van der Waals surface area contributed by atoms with Gasteiger partial charge < -0.3 is 10.6 Å². The molecule has 1 aliphatic rings. The number of halogens is 4. The highest BCUT2D eigenvalue weighted by Crippen LogP contribution is 2.34. The van der Waals surface area contributed by atoms with Crippen molar-refractivity contribution in [2.75, 3.05) is 13.1 Å². The molecule has 1 rings (SSSR count). The summed E-state index contributed by atoms with van der Waals surface area (Å²) in [5.74, 6) is -1.54. The molecule has 16 heavy (non-hydrogen) atoms. The van der Waals surface area contributed by atoms with Crippen LogP contribution in [0.4, 0.5) is 13.2 Å². The molecule has 1 aliphatic heterocycles. The van der Waals surface area contributed by atoms with Crippen LogP contribution >= 0.6 is 12.4 Å². The van der Waals surface area contributed by atoms with Crippen LogP contribution in [0.15, 0.2) is 0 Å². The molecule has 1 saturated heterocycles. The van der Waals surface area contributed by atoms with Crippen LogP contribution in [-0.4, -0.2) is 36.1 Å². The highest BCUT2D eigenvalue weighted by atomic mass is 35.5. The van der Waals surface area contributed by atoms with Crippen molar-refractivity contribution in [1.82, 2.24) is 4.90 Å². The van der Waals surface area contributed by atoms with Crippen molar-refractivity contribution >= 4 is 18.3 Å². The third-order valence-electron chi connectivity index (χ3n) is 2.66. The predicted octanol–water partition coefficient (Wildman–Crippen LogP) is 1.56. The Kier molecular flexibility index (Phi) is 5.55. The zero-order valence-corrected chi connectivity index (χ0v) is 9.77. The van der Waals surface area contributed by atoms with E-state index in [2.05, 4.69) is 0 Å². The summed E-state index contributed by atoms with van der Waals surface area (Å²) in [6.45, 7) is 1.85. The van der Waals surface area contributed by atoms with Crippen LogP contribution in [0.5, 0.6) is 0 Å². The number of hydrogen-bond donors (Lipinski definition) is 1. The summed E-state index contributed by atoms with van der Waals surface area (Å²) in [5, 5.41) is 0. The van der Waals surface area contributed by atoms with E-state index in [0.29, 0.717) is 0 Å². The maximum atomic E-state index is 12.3.